The van der Waals surface area contributed by atoms with Crippen molar-refractivity contribution in [1.82, 2.24) is 9.97 Å². The minimum absolute atomic E-state index is 0.198. The Labute approximate surface area is 166 Å². The van der Waals surface area contributed by atoms with Gasteiger partial charge in [-0.2, -0.15) is 13.2 Å². The highest BCUT2D eigenvalue weighted by atomic mass is 19.4. The highest BCUT2D eigenvalue weighted by Gasteiger charge is 2.32. The van der Waals surface area contributed by atoms with E-state index in [1.54, 1.807) is 43.5 Å². The first-order valence-corrected chi connectivity index (χ1v) is 8.87. The van der Waals surface area contributed by atoms with Crippen molar-refractivity contribution < 1.29 is 18.0 Å². The minimum atomic E-state index is -4.50. The Morgan fingerprint density at radius 2 is 1.72 bits per heavy atom. The molecule has 3 aromatic rings. The predicted octanol–water partition coefficient (Wildman–Crippen LogP) is 5.29. The first-order chi connectivity index (χ1) is 13.7. The van der Waals surface area contributed by atoms with E-state index in [9.17, 15) is 18.0 Å². The SMILES string of the molecule is Cc1cccnc1NC(=O)C(C)c1ccc(Nc2ccnc(C(F)(F)F)c2)cc1. The first kappa shape index (κ1) is 20.3. The van der Waals surface area contributed by atoms with Gasteiger partial charge in [-0.05, 0) is 55.3 Å². The molecule has 1 atom stereocenters. The molecule has 0 aliphatic heterocycles. The number of carbonyl (C=O) groups excluding carboxylic acids is 1. The van der Waals surface area contributed by atoms with Crippen LogP contribution in [0.3, 0.4) is 0 Å². The number of hydrogen-bond acceptors (Lipinski definition) is 4. The van der Waals surface area contributed by atoms with Crippen LogP contribution in [0.1, 0.15) is 29.7 Å². The van der Waals surface area contributed by atoms with E-state index in [0.717, 1.165) is 23.4 Å². The van der Waals surface area contributed by atoms with Crippen LogP contribution in [-0.4, -0.2) is 15.9 Å². The smallest absolute Gasteiger partial charge is 0.355 e. The molecule has 2 N–H and O–H groups in total. The zero-order chi connectivity index (χ0) is 21.0. The van der Waals surface area contributed by atoms with E-state index < -0.39 is 17.8 Å². The van der Waals surface area contributed by atoms with Gasteiger partial charge in [-0.1, -0.05) is 18.2 Å². The van der Waals surface area contributed by atoms with Crippen molar-refractivity contribution in [3.8, 4) is 0 Å². The molecule has 0 fully saturated rings. The number of halogens is 3. The maximum Gasteiger partial charge on any atom is 0.433 e. The summed E-state index contributed by atoms with van der Waals surface area (Å²) in [5, 5.41) is 5.71. The van der Waals surface area contributed by atoms with Gasteiger partial charge in [-0.3, -0.25) is 9.78 Å². The van der Waals surface area contributed by atoms with Crippen LogP contribution in [0, 0.1) is 6.92 Å². The number of nitrogens with zero attached hydrogens (tertiary/aromatic N) is 2. The maximum atomic E-state index is 12.8. The molecule has 1 amide bonds. The molecule has 0 saturated heterocycles. The second-order valence-corrected chi connectivity index (χ2v) is 6.55. The standard InChI is InChI=1S/C21H19F3N4O/c1-13-4-3-10-26-19(13)28-20(29)14(2)15-5-7-16(8-6-15)27-17-9-11-25-18(12-17)21(22,23)24/h3-12,14H,1-2H3,(H,25,27)(H,26,28,29). The number of alkyl halides is 3. The Bertz CT molecular complexity index is 1000. The summed E-state index contributed by atoms with van der Waals surface area (Å²) in [6.45, 7) is 3.63. The number of carbonyl (C=O) groups is 1. The van der Waals surface area contributed by atoms with E-state index in [1.807, 2.05) is 13.0 Å². The Kier molecular flexibility index (Phi) is 5.81. The van der Waals surface area contributed by atoms with Crippen molar-refractivity contribution >= 4 is 23.1 Å². The summed E-state index contributed by atoms with van der Waals surface area (Å²) < 4.78 is 38.3. The largest absolute Gasteiger partial charge is 0.433 e. The molecule has 1 unspecified atom stereocenters. The van der Waals surface area contributed by atoms with Crippen molar-refractivity contribution in [2.75, 3.05) is 10.6 Å². The fourth-order valence-corrected chi connectivity index (χ4v) is 2.68. The predicted molar refractivity (Wildman–Crippen MR) is 105 cm³/mol. The molecule has 2 heterocycles. The first-order valence-electron chi connectivity index (χ1n) is 8.87. The number of pyridine rings is 2. The lowest BCUT2D eigenvalue weighted by Crippen LogP contribution is -2.20. The summed E-state index contributed by atoms with van der Waals surface area (Å²) in [4.78, 5) is 20.0. The molecule has 0 spiro atoms. The summed E-state index contributed by atoms with van der Waals surface area (Å²) >= 11 is 0. The lowest BCUT2D eigenvalue weighted by molar-refractivity contribution is -0.141. The third-order valence-electron chi connectivity index (χ3n) is 4.39. The van der Waals surface area contributed by atoms with Gasteiger partial charge < -0.3 is 10.6 Å². The molecular formula is C21H19F3N4O. The summed E-state index contributed by atoms with van der Waals surface area (Å²) in [7, 11) is 0. The van der Waals surface area contributed by atoms with Gasteiger partial charge in [0.25, 0.3) is 0 Å². The fourth-order valence-electron chi connectivity index (χ4n) is 2.68. The number of nitrogens with one attached hydrogen (secondary N) is 2. The van der Waals surface area contributed by atoms with Gasteiger partial charge in [0.2, 0.25) is 5.91 Å². The van der Waals surface area contributed by atoms with E-state index in [2.05, 4.69) is 20.6 Å². The molecule has 2 aromatic heterocycles. The van der Waals surface area contributed by atoms with Gasteiger partial charge >= 0.3 is 6.18 Å². The van der Waals surface area contributed by atoms with Crippen LogP contribution in [0.2, 0.25) is 0 Å². The molecule has 0 saturated carbocycles. The lowest BCUT2D eigenvalue weighted by Gasteiger charge is -2.14. The highest BCUT2D eigenvalue weighted by molar-refractivity contribution is 5.95. The molecule has 1 aromatic carbocycles. The molecule has 8 heteroatoms. The molecule has 0 bridgehead atoms. The molecule has 3 rings (SSSR count). The summed E-state index contributed by atoms with van der Waals surface area (Å²) in [6, 6.07) is 13.0. The van der Waals surface area contributed by atoms with E-state index in [1.165, 1.54) is 6.07 Å². The fraction of sp³-hybridized carbons (Fsp3) is 0.190. The van der Waals surface area contributed by atoms with Gasteiger partial charge in [0, 0.05) is 23.8 Å². The molecule has 0 aliphatic carbocycles. The molecule has 0 aliphatic rings. The second-order valence-electron chi connectivity index (χ2n) is 6.55. The van der Waals surface area contributed by atoms with Crippen LogP contribution >= 0.6 is 0 Å². The Morgan fingerprint density at radius 1 is 1.00 bits per heavy atom. The number of aryl methyl sites for hydroxylation is 1. The number of amides is 1. The van der Waals surface area contributed by atoms with Crippen molar-refractivity contribution in [2.45, 2.75) is 25.9 Å². The Morgan fingerprint density at radius 3 is 2.38 bits per heavy atom. The molecule has 5 nitrogen and oxygen atoms in total. The number of rotatable bonds is 5. The summed E-state index contributed by atoms with van der Waals surface area (Å²) in [5.41, 5.74) is 1.54. The lowest BCUT2D eigenvalue weighted by atomic mass is 10.00. The Hall–Kier alpha value is -3.42. The zero-order valence-corrected chi connectivity index (χ0v) is 15.8. The van der Waals surface area contributed by atoms with Gasteiger partial charge in [0.15, 0.2) is 0 Å². The van der Waals surface area contributed by atoms with Crippen molar-refractivity contribution in [3.05, 3.63) is 77.7 Å². The molecule has 0 radical (unpaired) electrons. The van der Waals surface area contributed by atoms with Crippen molar-refractivity contribution in [2.24, 2.45) is 0 Å². The third-order valence-corrected chi connectivity index (χ3v) is 4.39. The monoisotopic (exact) mass is 400 g/mol. The number of benzene rings is 1. The van der Waals surface area contributed by atoms with Crippen LogP contribution in [0.4, 0.5) is 30.4 Å². The number of hydrogen-bond donors (Lipinski definition) is 2. The van der Waals surface area contributed by atoms with Gasteiger partial charge in [0.1, 0.15) is 11.5 Å². The van der Waals surface area contributed by atoms with Crippen molar-refractivity contribution in [1.29, 1.82) is 0 Å². The van der Waals surface area contributed by atoms with Gasteiger partial charge in [-0.25, -0.2) is 4.98 Å². The van der Waals surface area contributed by atoms with Crippen LogP contribution in [0.5, 0.6) is 0 Å². The number of anilines is 3. The summed E-state index contributed by atoms with van der Waals surface area (Å²) in [6.07, 6.45) is -1.79. The average molecular weight is 400 g/mol. The minimum Gasteiger partial charge on any atom is -0.355 e. The van der Waals surface area contributed by atoms with E-state index in [0.29, 0.717) is 11.5 Å². The van der Waals surface area contributed by atoms with E-state index >= 15 is 0 Å². The maximum absolute atomic E-state index is 12.8. The highest BCUT2D eigenvalue weighted by Crippen LogP contribution is 2.30. The molecule has 150 valence electrons. The molecule has 29 heavy (non-hydrogen) atoms. The average Bonchev–Trinajstić information content (AvgIpc) is 2.69. The van der Waals surface area contributed by atoms with Gasteiger partial charge in [-0.15, -0.1) is 0 Å². The normalized spacial score (nSPS) is 12.3. The molecular weight excluding hydrogens is 381 g/mol. The third kappa shape index (κ3) is 5.10. The van der Waals surface area contributed by atoms with Crippen LogP contribution in [-0.2, 0) is 11.0 Å². The van der Waals surface area contributed by atoms with E-state index in [-0.39, 0.29) is 11.6 Å². The van der Waals surface area contributed by atoms with Crippen LogP contribution in [0.25, 0.3) is 0 Å². The van der Waals surface area contributed by atoms with Gasteiger partial charge in [0.05, 0.1) is 5.92 Å². The second kappa shape index (κ2) is 8.30. The summed E-state index contributed by atoms with van der Waals surface area (Å²) in [5.74, 6) is -0.111. The van der Waals surface area contributed by atoms with Crippen LogP contribution < -0.4 is 10.6 Å². The Balaban J connectivity index is 1.68. The van der Waals surface area contributed by atoms with E-state index in [4.69, 9.17) is 0 Å². The van der Waals surface area contributed by atoms with Crippen molar-refractivity contribution in [3.63, 3.8) is 0 Å². The topological polar surface area (TPSA) is 66.9 Å². The number of aromatic nitrogens is 2. The van der Waals surface area contributed by atoms with Crippen LogP contribution in [0.15, 0.2) is 60.9 Å². The quantitative estimate of drug-likeness (QED) is 0.611. The zero-order valence-electron chi connectivity index (χ0n) is 15.8.